The molecule has 140 valence electrons. The molecule has 0 N–H and O–H groups in total. The van der Waals surface area contributed by atoms with Gasteiger partial charge >= 0.3 is 5.97 Å². The summed E-state index contributed by atoms with van der Waals surface area (Å²) in [4.78, 5) is 13.6. The molecule has 0 unspecified atom stereocenters. The lowest BCUT2D eigenvalue weighted by Crippen LogP contribution is -2.10. The Morgan fingerprint density at radius 1 is 0.857 bits per heavy atom. The number of esters is 1. The van der Waals surface area contributed by atoms with Gasteiger partial charge in [0.2, 0.25) is 0 Å². The van der Waals surface area contributed by atoms with E-state index < -0.39 is 5.97 Å². The number of ether oxygens (including phenoxy) is 1. The number of carbonyl (C=O) groups is 1. The first-order chi connectivity index (χ1) is 13.6. The van der Waals surface area contributed by atoms with Crippen molar-refractivity contribution in [3.8, 4) is 5.75 Å². The van der Waals surface area contributed by atoms with Gasteiger partial charge in [-0.05, 0) is 66.1 Å². The van der Waals surface area contributed by atoms with Crippen LogP contribution in [0.2, 0.25) is 0 Å². The smallest absolute Gasteiger partial charge is 0.335 e. The van der Waals surface area contributed by atoms with Crippen molar-refractivity contribution in [2.24, 2.45) is 0 Å². The van der Waals surface area contributed by atoms with Crippen molar-refractivity contribution in [2.45, 2.75) is 13.3 Å². The summed E-state index contributed by atoms with van der Waals surface area (Å²) in [7, 11) is 0. The van der Waals surface area contributed by atoms with Gasteiger partial charge in [0, 0.05) is 23.1 Å². The van der Waals surface area contributed by atoms with E-state index in [1.807, 2.05) is 30.3 Å². The van der Waals surface area contributed by atoms with E-state index in [9.17, 15) is 4.79 Å². The fourth-order valence-corrected chi connectivity index (χ4v) is 2.91. The summed E-state index contributed by atoms with van der Waals surface area (Å²) in [6.07, 6.45) is 3.97. The van der Waals surface area contributed by atoms with Crippen molar-refractivity contribution >= 4 is 29.1 Å². The van der Waals surface area contributed by atoms with E-state index in [-0.39, 0.29) is 0 Å². The highest BCUT2D eigenvalue weighted by Crippen LogP contribution is 2.35. The molecule has 0 saturated heterocycles. The number of rotatable bonds is 7. The molecule has 0 aliphatic carbocycles. The Labute approximate surface area is 166 Å². The summed E-state index contributed by atoms with van der Waals surface area (Å²) in [5.74, 6) is 0.0108. The fourth-order valence-electron chi connectivity index (χ4n) is 2.91. The molecular weight excluding hydrogens is 346 g/mol. The summed E-state index contributed by atoms with van der Waals surface area (Å²) in [5.41, 5.74) is 5.41. The molecule has 0 aromatic heterocycles. The maximum absolute atomic E-state index is 11.4. The number of hydrogen-bond acceptors (Lipinski definition) is 3. The van der Waals surface area contributed by atoms with E-state index in [1.165, 1.54) is 5.56 Å². The van der Waals surface area contributed by atoms with Gasteiger partial charge in [-0.2, -0.15) is 0 Å². The highest BCUT2D eigenvalue weighted by atomic mass is 16.5. The Bertz CT molecular complexity index is 955. The molecule has 0 radical (unpaired) electrons. The zero-order valence-corrected chi connectivity index (χ0v) is 16.0. The van der Waals surface area contributed by atoms with Crippen molar-refractivity contribution in [3.05, 3.63) is 103 Å². The van der Waals surface area contributed by atoms with E-state index in [1.54, 1.807) is 12.1 Å². The summed E-state index contributed by atoms with van der Waals surface area (Å²) < 4.78 is 5.18. The molecule has 0 aliphatic heterocycles. The molecule has 3 aromatic carbocycles. The number of nitrogens with zero attached hydrogens (tertiary/aromatic N) is 1. The molecule has 0 atom stereocenters. The van der Waals surface area contributed by atoms with Crippen LogP contribution < -0.4 is 9.64 Å². The van der Waals surface area contributed by atoms with Gasteiger partial charge < -0.3 is 9.64 Å². The lowest BCUT2D eigenvalue weighted by molar-refractivity contribution is -0.128. The minimum Gasteiger partial charge on any atom is -0.423 e. The molecule has 3 rings (SSSR count). The molecule has 0 fully saturated rings. The number of anilines is 3. The second-order valence-electron chi connectivity index (χ2n) is 6.27. The molecule has 3 nitrogen and oxygen atoms in total. The molecular formula is C25H23NO2. The Morgan fingerprint density at radius 2 is 1.36 bits per heavy atom. The normalized spacial score (nSPS) is 10.2. The highest BCUT2D eigenvalue weighted by Gasteiger charge is 2.13. The Morgan fingerprint density at radius 3 is 1.82 bits per heavy atom. The van der Waals surface area contributed by atoms with Crippen LogP contribution in [0.1, 0.15) is 18.1 Å². The molecule has 0 heterocycles. The summed E-state index contributed by atoms with van der Waals surface area (Å²) in [6, 6.07) is 24.1. The van der Waals surface area contributed by atoms with Crippen molar-refractivity contribution in [1.29, 1.82) is 0 Å². The van der Waals surface area contributed by atoms with Gasteiger partial charge in [0.1, 0.15) is 5.75 Å². The summed E-state index contributed by atoms with van der Waals surface area (Å²) >= 11 is 0. The van der Waals surface area contributed by atoms with Crippen LogP contribution in [0.25, 0.3) is 6.08 Å². The standard InChI is InChI=1S/C25H23NO2/c1-4-19-7-11-21(12-8-19)26(22-13-9-20(5-2)10-14-22)23-15-17-24(18-16-23)28-25(27)6-3/h4,6-18H,1,3,5H2,2H3. The van der Waals surface area contributed by atoms with Gasteiger partial charge in [0.05, 0.1) is 0 Å². The average Bonchev–Trinajstić information content (AvgIpc) is 2.76. The van der Waals surface area contributed by atoms with Crippen LogP contribution in [-0.4, -0.2) is 5.97 Å². The third kappa shape index (κ3) is 4.38. The third-order valence-electron chi connectivity index (χ3n) is 4.47. The number of carbonyl (C=O) groups excluding carboxylic acids is 1. The molecule has 3 heteroatoms. The SMILES string of the molecule is C=CC(=O)Oc1ccc(N(c2ccc(C=C)cc2)c2ccc(CC)cc2)cc1. The maximum Gasteiger partial charge on any atom is 0.335 e. The van der Waals surface area contributed by atoms with E-state index in [2.05, 4.69) is 61.4 Å². The molecule has 28 heavy (non-hydrogen) atoms. The quantitative estimate of drug-likeness (QED) is 0.272. The predicted molar refractivity (Wildman–Crippen MR) is 116 cm³/mol. The van der Waals surface area contributed by atoms with E-state index in [4.69, 9.17) is 4.74 Å². The number of aryl methyl sites for hydroxylation is 1. The van der Waals surface area contributed by atoms with Crippen LogP contribution in [-0.2, 0) is 11.2 Å². The average molecular weight is 369 g/mol. The van der Waals surface area contributed by atoms with Gasteiger partial charge in [-0.3, -0.25) is 0 Å². The fraction of sp³-hybridized carbons (Fsp3) is 0.0800. The van der Waals surface area contributed by atoms with Crippen molar-refractivity contribution in [2.75, 3.05) is 4.90 Å². The maximum atomic E-state index is 11.4. The first-order valence-electron chi connectivity index (χ1n) is 9.20. The number of hydrogen-bond donors (Lipinski definition) is 0. The first-order valence-corrected chi connectivity index (χ1v) is 9.20. The monoisotopic (exact) mass is 369 g/mol. The van der Waals surface area contributed by atoms with E-state index >= 15 is 0 Å². The van der Waals surface area contributed by atoms with E-state index in [0.29, 0.717) is 5.75 Å². The topological polar surface area (TPSA) is 29.5 Å². The molecule has 3 aromatic rings. The largest absolute Gasteiger partial charge is 0.423 e. The zero-order valence-electron chi connectivity index (χ0n) is 16.0. The Hall–Kier alpha value is -3.59. The Balaban J connectivity index is 2.00. The van der Waals surface area contributed by atoms with Crippen molar-refractivity contribution in [3.63, 3.8) is 0 Å². The third-order valence-corrected chi connectivity index (χ3v) is 4.47. The zero-order chi connectivity index (χ0) is 19.9. The summed E-state index contributed by atoms with van der Waals surface area (Å²) in [5, 5.41) is 0. The van der Waals surface area contributed by atoms with Crippen LogP contribution in [0.5, 0.6) is 5.75 Å². The predicted octanol–water partition coefficient (Wildman–Crippen LogP) is 6.45. The molecule has 0 spiro atoms. The highest BCUT2D eigenvalue weighted by molar-refractivity contribution is 5.83. The van der Waals surface area contributed by atoms with Crippen LogP contribution in [0.3, 0.4) is 0 Å². The number of benzene rings is 3. The van der Waals surface area contributed by atoms with Crippen LogP contribution in [0, 0.1) is 0 Å². The molecule has 0 bridgehead atoms. The van der Waals surface area contributed by atoms with Crippen LogP contribution >= 0.6 is 0 Å². The lowest BCUT2D eigenvalue weighted by Gasteiger charge is -2.26. The van der Waals surface area contributed by atoms with Crippen LogP contribution in [0.15, 0.2) is 92.0 Å². The lowest BCUT2D eigenvalue weighted by atomic mass is 10.1. The van der Waals surface area contributed by atoms with Gasteiger partial charge in [0.25, 0.3) is 0 Å². The van der Waals surface area contributed by atoms with Gasteiger partial charge in [-0.1, -0.05) is 50.4 Å². The second kappa shape index (κ2) is 8.87. The molecule has 0 saturated carbocycles. The van der Waals surface area contributed by atoms with E-state index in [0.717, 1.165) is 35.1 Å². The minimum absolute atomic E-state index is 0.472. The molecule has 0 amide bonds. The summed E-state index contributed by atoms with van der Waals surface area (Å²) in [6.45, 7) is 9.38. The van der Waals surface area contributed by atoms with Crippen LogP contribution in [0.4, 0.5) is 17.1 Å². The van der Waals surface area contributed by atoms with Crippen molar-refractivity contribution < 1.29 is 9.53 Å². The van der Waals surface area contributed by atoms with Crippen molar-refractivity contribution in [1.82, 2.24) is 0 Å². The van der Waals surface area contributed by atoms with Gasteiger partial charge in [-0.15, -0.1) is 0 Å². The Kier molecular flexibility index (Phi) is 6.07. The minimum atomic E-state index is -0.472. The van der Waals surface area contributed by atoms with Gasteiger partial charge in [-0.25, -0.2) is 4.79 Å². The van der Waals surface area contributed by atoms with Gasteiger partial charge in [0.15, 0.2) is 0 Å². The first kappa shape index (κ1) is 19.2. The molecule has 0 aliphatic rings. The second-order valence-corrected chi connectivity index (χ2v) is 6.27.